The molecule has 144 valence electrons. The molecule has 0 saturated heterocycles. The highest BCUT2D eigenvalue weighted by Crippen LogP contribution is 2.55. The van der Waals surface area contributed by atoms with Crippen molar-refractivity contribution in [2.24, 2.45) is 0 Å². The van der Waals surface area contributed by atoms with Gasteiger partial charge in [0.25, 0.3) is 0 Å². The fraction of sp³-hybridized carbons (Fsp3) is 0. The first-order valence-corrected chi connectivity index (χ1v) is 9.74. The first-order valence-electron chi connectivity index (χ1n) is 9.74. The summed E-state index contributed by atoms with van der Waals surface area (Å²) < 4.78 is 0. The number of pyridine rings is 1. The van der Waals surface area contributed by atoms with Crippen molar-refractivity contribution in [2.45, 2.75) is 0 Å². The summed E-state index contributed by atoms with van der Waals surface area (Å²) in [5.74, 6) is 0. The minimum Gasteiger partial charge on any atom is -0.256 e. The standard InChI is InChI=1S/C27H11N5/c28-12-16(13-29)23-18-6-1-2-7-19(18)24(17(14-30)15-31)26(23)25-20-8-3-4-9-21(20)27-22(25)10-5-11-32-27/h1-11H. The van der Waals surface area contributed by atoms with Crippen molar-refractivity contribution in [3.63, 3.8) is 0 Å². The Morgan fingerprint density at radius 1 is 0.531 bits per heavy atom. The second kappa shape index (κ2) is 7.23. The predicted molar refractivity (Wildman–Crippen MR) is 118 cm³/mol. The Morgan fingerprint density at radius 2 is 1.00 bits per heavy atom. The van der Waals surface area contributed by atoms with E-state index in [0.29, 0.717) is 27.8 Å². The van der Waals surface area contributed by atoms with Gasteiger partial charge in [0.05, 0.1) is 5.69 Å². The van der Waals surface area contributed by atoms with Crippen LogP contribution in [0.1, 0.15) is 22.3 Å². The van der Waals surface area contributed by atoms with Crippen molar-refractivity contribution >= 4 is 16.7 Å². The molecule has 2 aromatic carbocycles. The van der Waals surface area contributed by atoms with Crippen LogP contribution in [0.4, 0.5) is 0 Å². The summed E-state index contributed by atoms with van der Waals surface area (Å²) in [6.07, 6.45) is 1.71. The highest BCUT2D eigenvalue weighted by Gasteiger charge is 2.37. The third-order valence-corrected chi connectivity index (χ3v) is 5.69. The number of hydrogen-bond donors (Lipinski definition) is 0. The topological polar surface area (TPSA) is 108 Å². The van der Waals surface area contributed by atoms with Crippen molar-refractivity contribution in [3.8, 4) is 35.5 Å². The van der Waals surface area contributed by atoms with Gasteiger partial charge in [-0.1, -0.05) is 54.6 Å². The zero-order valence-electron chi connectivity index (χ0n) is 16.6. The van der Waals surface area contributed by atoms with Crippen LogP contribution in [0.2, 0.25) is 0 Å². The Bertz CT molecular complexity index is 1450. The van der Waals surface area contributed by atoms with Crippen LogP contribution in [-0.4, -0.2) is 4.98 Å². The van der Waals surface area contributed by atoms with E-state index in [4.69, 9.17) is 0 Å². The number of hydrogen-bond acceptors (Lipinski definition) is 5. The number of fused-ring (bicyclic) bond motifs is 4. The molecule has 3 aromatic rings. The SMILES string of the molecule is N#CC(C#N)=C1C(=C2c3ccccc3-c3ncccc32)C(=C(C#N)C#N)c2ccccc21. The van der Waals surface area contributed by atoms with Gasteiger partial charge in [0.1, 0.15) is 35.4 Å². The van der Waals surface area contributed by atoms with Gasteiger partial charge >= 0.3 is 0 Å². The molecule has 0 unspecified atom stereocenters. The van der Waals surface area contributed by atoms with Gasteiger partial charge in [0, 0.05) is 39.6 Å². The maximum Gasteiger partial charge on any atom is 0.138 e. The summed E-state index contributed by atoms with van der Waals surface area (Å²) in [5.41, 5.74) is 6.76. The first-order chi connectivity index (χ1) is 15.7. The van der Waals surface area contributed by atoms with E-state index in [2.05, 4.69) is 4.98 Å². The molecule has 0 bridgehead atoms. The molecular weight excluding hydrogens is 394 g/mol. The molecule has 5 rings (SSSR count). The van der Waals surface area contributed by atoms with E-state index in [-0.39, 0.29) is 11.1 Å². The molecular formula is C27H11N5. The van der Waals surface area contributed by atoms with E-state index in [1.165, 1.54) is 0 Å². The van der Waals surface area contributed by atoms with Crippen LogP contribution in [0.5, 0.6) is 0 Å². The first kappa shape index (κ1) is 18.8. The molecule has 32 heavy (non-hydrogen) atoms. The molecule has 5 nitrogen and oxygen atoms in total. The number of allylic oxidation sites excluding steroid dienone is 5. The Labute approximate surface area is 184 Å². The number of rotatable bonds is 0. The van der Waals surface area contributed by atoms with Crippen LogP contribution in [0, 0.1) is 45.3 Å². The summed E-state index contributed by atoms with van der Waals surface area (Å²) in [6, 6.07) is 26.8. The van der Waals surface area contributed by atoms with Crippen LogP contribution in [0.3, 0.4) is 0 Å². The van der Waals surface area contributed by atoms with Crippen molar-refractivity contribution in [1.82, 2.24) is 4.98 Å². The number of aromatic nitrogens is 1. The molecule has 0 fully saturated rings. The van der Waals surface area contributed by atoms with Crippen molar-refractivity contribution < 1.29 is 0 Å². The van der Waals surface area contributed by atoms with Crippen molar-refractivity contribution in [1.29, 1.82) is 21.0 Å². The van der Waals surface area contributed by atoms with E-state index in [9.17, 15) is 21.0 Å². The van der Waals surface area contributed by atoms with Crippen molar-refractivity contribution in [2.75, 3.05) is 0 Å². The van der Waals surface area contributed by atoms with Gasteiger partial charge in [-0.15, -0.1) is 0 Å². The van der Waals surface area contributed by atoms with E-state index < -0.39 is 0 Å². The van der Waals surface area contributed by atoms with E-state index >= 15 is 0 Å². The van der Waals surface area contributed by atoms with Gasteiger partial charge in [-0.25, -0.2) is 0 Å². The van der Waals surface area contributed by atoms with Crippen LogP contribution < -0.4 is 0 Å². The largest absolute Gasteiger partial charge is 0.256 e. The lowest BCUT2D eigenvalue weighted by atomic mass is 9.88. The zero-order valence-corrected chi connectivity index (χ0v) is 16.6. The molecule has 0 atom stereocenters. The fourth-order valence-electron chi connectivity index (χ4n) is 4.50. The van der Waals surface area contributed by atoms with Crippen molar-refractivity contribution in [3.05, 3.63) is 106 Å². The molecule has 0 N–H and O–H groups in total. The van der Waals surface area contributed by atoms with Gasteiger partial charge in [0.2, 0.25) is 0 Å². The van der Waals surface area contributed by atoms with Gasteiger partial charge in [-0.3, -0.25) is 4.98 Å². The van der Waals surface area contributed by atoms with Crippen LogP contribution in [0.25, 0.3) is 28.0 Å². The van der Waals surface area contributed by atoms with Crippen LogP contribution >= 0.6 is 0 Å². The van der Waals surface area contributed by atoms with Gasteiger partial charge in [-0.05, 0) is 22.8 Å². The lowest BCUT2D eigenvalue weighted by molar-refractivity contribution is 1.33. The smallest absolute Gasteiger partial charge is 0.138 e. The average molecular weight is 405 g/mol. The molecule has 5 heteroatoms. The molecule has 0 amide bonds. The Morgan fingerprint density at radius 3 is 1.53 bits per heavy atom. The third kappa shape index (κ3) is 2.44. The summed E-state index contributed by atoms with van der Waals surface area (Å²) in [6.45, 7) is 0. The molecule has 0 spiro atoms. The summed E-state index contributed by atoms with van der Waals surface area (Å²) in [7, 11) is 0. The Hall–Kier alpha value is -5.23. The molecule has 1 aromatic heterocycles. The monoisotopic (exact) mass is 405 g/mol. The van der Waals surface area contributed by atoms with Gasteiger partial charge in [-0.2, -0.15) is 21.0 Å². The van der Waals surface area contributed by atoms with E-state index in [1.807, 2.05) is 84.9 Å². The zero-order chi connectivity index (χ0) is 22.2. The molecule has 0 aliphatic heterocycles. The molecule has 0 radical (unpaired) electrons. The highest BCUT2D eigenvalue weighted by molar-refractivity contribution is 6.21. The third-order valence-electron chi connectivity index (χ3n) is 5.69. The Balaban J connectivity index is 2.08. The van der Waals surface area contributed by atoms with Gasteiger partial charge in [0.15, 0.2) is 0 Å². The highest BCUT2D eigenvalue weighted by atomic mass is 14.7. The molecule has 2 aliphatic carbocycles. The number of nitrogens with zero attached hydrogens (tertiary/aromatic N) is 5. The summed E-state index contributed by atoms with van der Waals surface area (Å²) >= 11 is 0. The minimum atomic E-state index is -0.0694. The predicted octanol–water partition coefficient (Wildman–Crippen LogP) is 5.18. The maximum absolute atomic E-state index is 9.79. The summed E-state index contributed by atoms with van der Waals surface area (Å²) in [4.78, 5) is 4.57. The van der Waals surface area contributed by atoms with E-state index in [1.54, 1.807) is 6.20 Å². The minimum absolute atomic E-state index is 0.0694. The molecule has 0 saturated carbocycles. The molecule has 1 heterocycles. The lowest BCUT2D eigenvalue weighted by Gasteiger charge is -2.12. The normalized spacial score (nSPS) is 12.6. The van der Waals surface area contributed by atoms with E-state index in [0.717, 1.165) is 28.0 Å². The molecule has 2 aliphatic rings. The number of nitriles is 4. The summed E-state index contributed by atoms with van der Waals surface area (Å²) in [5, 5.41) is 39.2. The maximum atomic E-state index is 9.79. The lowest BCUT2D eigenvalue weighted by Crippen LogP contribution is -1.95. The second-order valence-electron chi connectivity index (χ2n) is 7.19. The fourth-order valence-corrected chi connectivity index (χ4v) is 4.50. The van der Waals surface area contributed by atoms with Gasteiger partial charge < -0.3 is 0 Å². The average Bonchev–Trinajstić information content (AvgIpc) is 3.34. The Kier molecular flexibility index (Phi) is 4.24. The second-order valence-corrected chi connectivity index (χ2v) is 7.19. The quantitative estimate of drug-likeness (QED) is 0.375. The van der Waals surface area contributed by atoms with Crippen LogP contribution in [0.15, 0.2) is 83.6 Å². The van der Waals surface area contributed by atoms with Crippen LogP contribution in [-0.2, 0) is 0 Å². The number of benzene rings is 2.